The first-order valence-electron chi connectivity index (χ1n) is 8.00. The molecule has 0 unspecified atom stereocenters. The first-order valence-corrected chi connectivity index (χ1v) is 8.00. The Bertz CT molecular complexity index is 218. The van der Waals surface area contributed by atoms with Gasteiger partial charge in [0.2, 0.25) is 0 Å². The Morgan fingerprint density at radius 3 is 2.17 bits per heavy atom. The Kier molecular flexibility index (Phi) is 5.93. The van der Waals surface area contributed by atoms with Crippen LogP contribution in [0.25, 0.3) is 0 Å². The van der Waals surface area contributed by atoms with E-state index in [0.29, 0.717) is 0 Å². The van der Waals surface area contributed by atoms with Crippen LogP contribution in [-0.4, -0.2) is 61.7 Å². The summed E-state index contributed by atoms with van der Waals surface area (Å²) in [7, 11) is 0. The van der Waals surface area contributed by atoms with Gasteiger partial charge in [0.05, 0.1) is 0 Å². The first kappa shape index (κ1) is 14.3. The van der Waals surface area contributed by atoms with Gasteiger partial charge in [-0.1, -0.05) is 13.8 Å². The predicted molar refractivity (Wildman–Crippen MR) is 78.0 cm³/mol. The maximum absolute atomic E-state index is 3.47. The van der Waals surface area contributed by atoms with Gasteiger partial charge in [0.15, 0.2) is 0 Å². The third kappa shape index (κ3) is 4.52. The van der Waals surface area contributed by atoms with E-state index < -0.39 is 0 Å². The van der Waals surface area contributed by atoms with Crippen molar-refractivity contribution in [3.8, 4) is 0 Å². The minimum absolute atomic E-state index is 0.926. The lowest BCUT2D eigenvalue weighted by Crippen LogP contribution is -2.41. The number of hydrogen-bond acceptors (Lipinski definition) is 3. The summed E-state index contributed by atoms with van der Waals surface area (Å²) in [5, 5.41) is 3.47. The number of nitrogens with one attached hydrogen (secondary N) is 1. The van der Waals surface area contributed by atoms with Crippen molar-refractivity contribution in [3.05, 3.63) is 0 Å². The van der Waals surface area contributed by atoms with Crippen LogP contribution >= 0.6 is 0 Å². The maximum atomic E-state index is 3.47. The van der Waals surface area contributed by atoms with Gasteiger partial charge < -0.3 is 10.2 Å². The Morgan fingerprint density at radius 2 is 1.61 bits per heavy atom. The molecule has 1 aliphatic carbocycles. The minimum Gasteiger partial charge on any atom is -0.317 e. The summed E-state index contributed by atoms with van der Waals surface area (Å²) < 4.78 is 0. The summed E-state index contributed by atoms with van der Waals surface area (Å²) in [6, 6.07) is 0.926. The Morgan fingerprint density at radius 1 is 0.944 bits per heavy atom. The summed E-state index contributed by atoms with van der Waals surface area (Å²) in [6.07, 6.45) is 5.66. The number of likely N-dealkylation sites (N-methyl/N-ethyl adjacent to an activating group) is 1. The molecule has 2 aliphatic rings. The second-order valence-corrected chi connectivity index (χ2v) is 5.95. The fourth-order valence-corrected chi connectivity index (χ4v) is 3.07. The number of rotatable bonds is 8. The quantitative estimate of drug-likeness (QED) is 0.711. The molecule has 0 atom stereocenters. The van der Waals surface area contributed by atoms with E-state index in [1.54, 1.807) is 0 Å². The predicted octanol–water partition coefficient (Wildman–Crippen LogP) is 1.79. The Balaban J connectivity index is 1.73. The molecule has 2 fully saturated rings. The first-order chi connectivity index (χ1) is 8.83. The van der Waals surface area contributed by atoms with E-state index in [0.717, 1.165) is 12.0 Å². The van der Waals surface area contributed by atoms with Crippen LogP contribution in [0.2, 0.25) is 0 Å². The summed E-state index contributed by atoms with van der Waals surface area (Å²) in [5.41, 5.74) is 0. The van der Waals surface area contributed by atoms with Gasteiger partial charge in [-0.2, -0.15) is 0 Å². The molecule has 0 aromatic carbocycles. The highest BCUT2D eigenvalue weighted by Crippen LogP contribution is 2.28. The number of hydrogen-bond donors (Lipinski definition) is 1. The van der Waals surface area contributed by atoms with Crippen LogP contribution in [0.5, 0.6) is 0 Å². The summed E-state index contributed by atoms with van der Waals surface area (Å²) in [6.45, 7) is 13.3. The highest BCUT2D eigenvalue weighted by atomic mass is 15.2. The lowest BCUT2D eigenvalue weighted by atomic mass is 9.97. The Hall–Kier alpha value is -0.120. The lowest BCUT2D eigenvalue weighted by Gasteiger charge is -2.31. The fraction of sp³-hybridized carbons (Fsp3) is 1.00. The molecule has 1 heterocycles. The summed E-state index contributed by atoms with van der Waals surface area (Å²) in [5.74, 6) is 0.948. The number of piperidine rings is 1. The molecular weight excluding hydrogens is 222 g/mol. The molecule has 0 spiro atoms. The van der Waals surface area contributed by atoms with Crippen molar-refractivity contribution in [3.63, 3.8) is 0 Å². The van der Waals surface area contributed by atoms with E-state index in [2.05, 4.69) is 29.0 Å². The SMILES string of the molecule is CCN(CC)CCN(CC1CCNCC1)C1CC1. The van der Waals surface area contributed by atoms with Crippen molar-refractivity contribution in [1.29, 1.82) is 0 Å². The molecule has 1 N–H and O–H groups in total. The Labute approximate surface area is 113 Å². The van der Waals surface area contributed by atoms with E-state index in [-0.39, 0.29) is 0 Å². The topological polar surface area (TPSA) is 18.5 Å². The maximum Gasteiger partial charge on any atom is 0.0112 e. The lowest BCUT2D eigenvalue weighted by molar-refractivity contribution is 0.169. The van der Waals surface area contributed by atoms with Gasteiger partial charge in [0, 0.05) is 25.7 Å². The van der Waals surface area contributed by atoms with Gasteiger partial charge in [-0.05, 0) is 57.8 Å². The summed E-state index contributed by atoms with van der Waals surface area (Å²) >= 11 is 0. The molecule has 3 heteroatoms. The van der Waals surface area contributed by atoms with Crippen LogP contribution in [0.15, 0.2) is 0 Å². The molecule has 0 amide bonds. The van der Waals surface area contributed by atoms with E-state index in [9.17, 15) is 0 Å². The van der Waals surface area contributed by atoms with Gasteiger partial charge in [-0.3, -0.25) is 4.90 Å². The molecule has 1 saturated heterocycles. The van der Waals surface area contributed by atoms with E-state index in [1.807, 2.05) is 0 Å². The van der Waals surface area contributed by atoms with Crippen molar-refractivity contribution < 1.29 is 0 Å². The van der Waals surface area contributed by atoms with E-state index in [1.165, 1.54) is 71.5 Å². The highest BCUT2D eigenvalue weighted by molar-refractivity contribution is 4.87. The normalized spacial score (nSPS) is 22.0. The molecule has 0 radical (unpaired) electrons. The molecule has 3 nitrogen and oxygen atoms in total. The molecule has 0 aromatic rings. The molecule has 18 heavy (non-hydrogen) atoms. The van der Waals surface area contributed by atoms with Crippen LogP contribution < -0.4 is 5.32 Å². The van der Waals surface area contributed by atoms with E-state index in [4.69, 9.17) is 0 Å². The van der Waals surface area contributed by atoms with Gasteiger partial charge in [0.1, 0.15) is 0 Å². The highest BCUT2D eigenvalue weighted by Gasteiger charge is 2.30. The van der Waals surface area contributed by atoms with Crippen LogP contribution in [0.1, 0.15) is 39.5 Å². The van der Waals surface area contributed by atoms with Crippen LogP contribution in [0.3, 0.4) is 0 Å². The average molecular weight is 253 g/mol. The third-order valence-corrected chi connectivity index (χ3v) is 4.61. The largest absolute Gasteiger partial charge is 0.317 e. The molecule has 1 aliphatic heterocycles. The molecule has 0 bridgehead atoms. The van der Waals surface area contributed by atoms with Crippen LogP contribution in [0.4, 0.5) is 0 Å². The average Bonchev–Trinajstić information content (AvgIpc) is 3.24. The molecule has 0 aromatic heterocycles. The van der Waals surface area contributed by atoms with Crippen molar-refractivity contribution in [2.24, 2.45) is 5.92 Å². The molecule has 2 rings (SSSR count). The van der Waals surface area contributed by atoms with Gasteiger partial charge in [-0.25, -0.2) is 0 Å². The van der Waals surface area contributed by atoms with Crippen molar-refractivity contribution in [2.75, 3.05) is 45.8 Å². The van der Waals surface area contributed by atoms with Gasteiger partial charge >= 0.3 is 0 Å². The number of nitrogens with zero attached hydrogens (tertiary/aromatic N) is 2. The third-order valence-electron chi connectivity index (χ3n) is 4.61. The second-order valence-electron chi connectivity index (χ2n) is 5.95. The second kappa shape index (κ2) is 7.46. The zero-order valence-electron chi connectivity index (χ0n) is 12.3. The smallest absolute Gasteiger partial charge is 0.0112 e. The fourth-order valence-electron chi connectivity index (χ4n) is 3.07. The monoisotopic (exact) mass is 253 g/mol. The van der Waals surface area contributed by atoms with Crippen molar-refractivity contribution in [2.45, 2.75) is 45.6 Å². The zero-order valence-corrected chi connectivity index (χ0v) is 12.3. The van der Waals surface area contributed by atoms with E-state index >= 15 is 0 Å². The molecule has 1 saturated carbocycles. The zero-order chi connectivity index (χ0) is 12.8. The van der Waals surface area contributed by atoms with Crippen molar-refractivity contribution in [1.82, 2.24) is 15.1 Å². The molecular formula is C15H31N3. The minimum atomic E-state index is 0.926. The van der Waals surface area contributed by atoms with Gasteiger partial charge in [-0.15, -0.1) is 0 Å². The van der Waals surface area contributed by atoms with Crippen LogP contribution in [0, 0.1) is 5.92 Å². The standard InChI is InChI=1S/C15H31N3/c1-3-17(4-2)11-12-18(15-5-6-15)13-14-7-9-16-10-8-14/h14-16H,3-13H2,1-2H3. The van der Waals surface area contributed by atoms with Gasteiger partial charge in [0.25, 0.3) is 0 Å². The van der Waals surface area contributed by atoms with Crippen LogP contribution in [-0.2, 0) is 0 Å². The van der Waals surface area contributed by atoms with Crippen molar-refractivity contribution >= 4 is 0 Å². The molecule has 106 valence electrons. The summed E-state index contributed by atoms with van der Waals surface area (Å²) in [4.78, 5) is 5.34.